The van der Waals surface area contributed by atoms with Crippen molar-refractivity contribution in [2.45, 2.75) is 69.1 Å². The number of hydrogen-bond acceptors (Lipinski definition) is 9. The molecule has 14 heteroatoms. The van der Waals surface area contributed by atoms with Crippen LogP contribution in [0.2, 0.25) is 0 Å². The highest BCUT2D eigenvalue weighted by Crippen LogP contribution is 2.05. The molecule has 0 aromatic carbocycles. The van der Waals surface area contributed by atoms with Crippen molar-refractivity contribution in [3.05, 3.63) is 18.2 Å². The van der Waals surface area contributed by atoms with Gasteiger partial charge in [0.05, 0.1) is 12.4 Å². The lowest BCUT2D eigenvalue weighted by molar-refractivity contribution is -0.142. The molecule has 198 valence electrons. The van der Waals surface area contributed by atoms with Crippen molar-refractivity contribution in [1.82, 2.24) is 25.9 Å². The van der Waals surface area contributed by atoms with E-state index in [0.29, 0.717) is 44.5 Å². The number of carbonyl (C=O) groups is 4. The number of hydrogen-bond donors (Lipinski definition) is 9. The number of carboxylic acids is 1. The number of nitrogens with one attached hydrogen (secondary N) is 4. The van der Waals surface area contributed by atoms with Gasteiger partial charge in [-0.3, -0.25) is 14.4 Å². The van der Waals surface area contributed by atoms with Crippen LogP contribution in [-0.4, -0.2) is 81.8 Å². The van der Waals surface area contributed by atoms with Gasteiger partial charge in [0, 0.05) is 24.1 Å². The molecule has 4 atom stereocenters. The summed E-state index contributed by atoms with van der Waals surface area (Å²) in [4.78, 5) is 56.6. The molecule has 0 aliphatic heterocycles. The van der Waals surface area contributed by atoms with Gasteiger partial charge in [0.15, 0.2) is 0 Å². The maximum absolute atomic E-state index is 13.0. The number of thiol groups is 1. The SMILES string of the molecule is NCCCCC(N)C(=O)NC(CS)C(=O)NC(Cc1cnc[nH]1)C(=O)NC(CCCCN)C(=O)O. The maximum Gasteiger partial charge on any atom is 0.326 e. The largest absolute Gasteiger partial charge is 0.480 e. The Hall–Kier alpha value is -2.68. The fraction of sp³-hybridized carbons (Fsp3) is 0.667. The number of unbranched alkanes of at least 4 members (excludes halogenated alkanes) is 2. The van der Waals surface area contributed by atoms with Gasteiger partial charge in [-0.25, -0.2) is 9.78 Å². The Bertz CT molecular complexity index is 795. The molecule has 1 heterocycles. The van der Waals surface area contributed by atoms with Crippen LogP contribution in [0.15, 0.2) is 12.5 Å². The molecule has 0 fully saturated rings. The molecule has 13 nitrogen and oxygen atoms in total. The number of rotatable bonds is 18. The molecular weight excluding hydrogens is 476 g/mol. The summed E-state index contributed by atoms with van der Waals surface area (Å²) in [6.07, 6.45) is 6.07. The molecule has 11 N–H and O–H groups in total. The Kier molecular flexibility index (Phi) is 14.6. The predicted octanol–water partition coefficient (Wildman–Crippen LogP) is -1.99. The average Bonchev–Trinajstić information content (AvgIpc) is 3.34. The van der Waals surface area contributed by atoms with Gasteiger partial charge in [0.1, 0.15) is 18.1 Å². The molecular formula is C21H38N8O5S. The minimum absolute atomic E-state index is 0.0263. The van der Waals surface area contributed by atoms with Crippen molar-refractivity contribution in [2.75, 3.05) is 18.8 Å². The minimum Gasteiger partial charge on any atom is -0.480 e. The highest BCUT2D eigenvalue weighted by Gasteiger charge is 2.30. The summed E-state index contributed by atoms with van der Waals surface area (Å²) in [5.74, 6) is -3.08. The minimum atomic E-state index is -1.19. The molecule has 4 unspecified atom stereocenters. The number of amides is 3. The first-order valence-corrected chi connectivity index (χ1v) is 12.2. The number of imidazole rings is 1. The number of nitrogens with zero attached hydrogens (tertiary/aromatic N) is 1. The lowest BCUT2D eigenvalue weighted by Gasteiger charge is -2.24. The topological polar surface area (TPSA) is 231 Å². The van der Waals surface area contributed by atoms with Crippen molar-refractivity contribution < 1.29 is 24.3 Å². The second kappa shape index (κ2) is 16.9. The normalized spacial score (nSPS) is 14.4. The third-order valence-electron chi connectivity index (χ3n) is 5.29. The van der Waals surface area contributed by atoms with E-state index in [0.717, 1.165) is 6.42 Å². The van der Waals surface area contributed by atoms with E-state index in [1.54, 1.807) is 0 Å². The van der Waals surface area contributed by atoms with E-state index in [1.165, 1.54) is 12.5 Å². The molecule has 0 radical (unpaired) electrons. The Morgan fingerprint density at radius 2 is 1.49 bits per heavy atom. The fourth-order valence-electron chi connectivity index (χ4n) is 3.23. The van der Waals surface area contributed by atoms with E-state index >= 15 is 0 Å². The summed E-state index contributed by atoms with van der Waals surface area (Å²) in [7, 11) is 0. The molecule has 0 spiro atoms. The summed E-state index contributed by atoms with van der Waals surface area (Å²) < 4.78 is 0. The standard InChI is InChI=1S/C21H38N8O5S/c22-7-3-1-5-14(24)18(30)29-17(11-35)20(32)28-16(9-13-10-25-12-26-13)19(31)27-15(21(33)34)6-2-4-8-23/h10,12,14-17,35H,1-9,11,22-24H2,(H,25,26)(H,27,31)(H,28,32)(H,29,30)(H,33,34). The number of carbonyl (C=O) groups excluding carboxylic acids is 3. The van der Waals surface area contributed by atoms with Crippen LogP contribution in [0.3, 0.4) is 0 Å². The van der Waals surface area contributed by atoms with Crippen LogP contribution in [-0.2, 0) is 25.6 Å². The van der Waals surface area contributed by atoms with Gasteiger partial charge >= 0.3 is 5.97 Å². The zero-order chi connectivity index (χ0) is 26.2. The van der Waals surface area contributed by atoms with Gasteiger partial charge in [0.25, 0.3) is 0 Å². The van der Waals surface area contributed by atoms with E-state index in [-0.39, 0.29) is 18.6 Å². The van der Waals surface area contributed by atoms with E-state index in [4.69, 9.17) is 17.2 Å². The van der Waals surface area contributed by atoms with Gasteiger partial charge in [-0.15, -0.1) is 0 Å². The second-order valence-electron chi connectivity index (χ2n) is 8.16. The molecule has 0 saturated carbocycles. The number of H-pyrrole nitrogens is 1. The number of aromatic amines is 1. The Morgan fingerprint density at radius 1 is 0.914 bits per heavy atom. The van der Waals surface area contributed by atoms with Crippen LogP contribution in [0, 0.1) is 0 Å². The number of aliphatic carboxylic acids is 1. The van der Waals surface area contributed by atoms with Crippen LogP contribution in [0.5, 0.6) is 0 Å². The highest BCUT2D eigenvalue weighted by atomic mass is 32.1. The van der Waals surface area contributed by atoms with E-state index < -0.39 is 47.9 Å². The van der Waals surface area contributed by atoms with E-state index in [1.807, 2.05) is 0 Å². The van der Waals surface area contributed by atoms with Gasteiger partial charge in [0.2, 0.25) is 17.7 Å². The molecule has 1 aromatic rings. The highest BCUT2D eigenvalue weighted by molar-refractivity contribution is 7.80. The van der Waals surface area contributed by atoms with Crippen molar-refractivity contribution in [3.63, 3.8) is 0 Å². The Morgan fingerprint density at radius 3 is 2.03 bits per heavy atom. The van der Waals surface area contributed by atoms with Crippen LogP contribution in [0.1, 0.15) is 44.2 Å². The van der Waals surface area contributed by atoms with Crippen molar-refractivity contribution in [2.24, 2.45) is 17.2 Å². The first-order valence-electron chi connectivity index (χ1n) is 11.6. The van der Waals surface area contributed by atoms with E-state index in [9.17, 15) is 24.3 Å². The van der Waals surface area contributed by atoms with Gasteiger partial charge in [-0.05, 0) is 45.2 Å². The van der Waals surface area contributed by atoms with Crippen LogP contribution in [0.4, 0.5) is 0 Å². The monoisotopic (exact) mass is 514 g/mol. The predicted molar refractivity (Wildman–Crippen MR) is 133 cm³/mol. The molecule has 0 bridgehead atoms. The summed E-state index contributed by atoms with van der Waals surface area (Å²) in [6, 6.07) is -4.13. The summed E-state index contributed by atoms with van der Waals surface area (Å²) >= 11 is 4.14. The average molecular weight is 515 g/mol. The fourth-order valence-corrected chi connectivity index (χ4v) is 3.49. The van der Waals surface area contributed by atoms with Gasteiger partial charge in [-0.1, -0.05) is 6.42 Å². The molecule has 0 aliphatic rings. The van der Waals surface area contributed by atoms with Crippen LogP contribution in [0.25, 0.3) is 0 Å². The Labute approximate surface area is 210 Å². The third kappa shape index (κ3) is 11.5. The zero-order valence-corrected chi connectivity index (χ0v) is 20.6. The summed E-state index contributed by atoms with van der Waals surface area (Å²) in [5, 5.41) is 17.1. The number of nitrogens with two attached hydrogens (primary N) is 3. The Balaban J connectivity index is 2.87. The molecule has 35 heavy (non-hydrogen) atoms. The van der Waals surface area contributed by atoms with Gasteiger partial charge in [-0.2, -0.15) is 12.6 Å². The molecule has 3 amide bonds. The quantitative estimate of drug-likeness (QED) is 0.0778. The number of aromatic nitrogens is 2. The number of carboxylic acid groups (broad SMARTS) is 1. The van der Waals surface area contributed by atoms with Crippen LogP contribution < -0.4 is 33.2 Å². The third-order valence-corrected chi connectivity index (χ3v) is 5.66. The lowest BCUT2D eigenvalue weighted by atomic mass is 10.1. The second-order valence-corrected chi connectivity index (χ2v) is 8.53. The van der Waals surface area contributed by atoms with Crippen molar-refractivity contribution >= 4 is 36.3 Å². The van der Waals surface area contributed by atoms with Gasteiger partial charge < -0.3 is 43.2 Å². The van der Waals surface area contributed by atoms with Crippen molar-refractivity contribution in [3.8, 4) is 0 Å². The molecule has 0 aliphatic carbocycles. The van der Waals surface area contributed by atoms with Crippen LogP contribution >= 0.6 is 12.6 Å². The maximum atomic E-state index is 13.0. The summed E-state index contributed by atoms with van der Waals surface area (Å²) in [6.45, 7) is 0.901. The van der Waals surface area contributed by atoms with E-state index in [2.05, 4.69) is 38.5 Å². The molecule has 1 aromatic heterocycles. The lowest BCUT2D eigenvalue weighted by Crippen LogP contribution is -2.58. The van der Waals surface area contributed by atoms with Crippen molar-refractivity contribution in [1.29, 1.82) is 0 Å². The first-order chi connectivity index (χ1) is 16.7. The zero-order valence-electron chi connectivity index (χ0n) is 19.7. The molecule has 0 saturated heterocycles. The smallest absolute Gasteiger partial charge is 0.326 e. The molecule has 1 rings (SSSR count). The summed E-state index contributed by atoms with van der Waals surface area (Å²) in [5.41, 5.74) is 17.3. The first kappa shape index (κ1) is 30.4.